The van der Waals surface area contributed by atoms with Gasteiger partial charge in [-0.25, -0.2) is 13.6 Å². The van der Waals surface area contributed by atoms with Gasteiger partial charge in [-0.1, -0.05) is 45.0 Å². The second-order valence-electron chi connectivity index (χ2n) is 6.72. The molecule has 0 bridgehead atoms. The number of anilines is 1. The average Bonchev–Trinajstić information content (AvgIpc) is 2.53. The Morgan fingerprint density at radius 2 is 1.77 bits per heavy atom. The molecule has 0 saturated carbocycles. The lowest BCUT2D eigenvalue weighted by Gasteiger charge is -2.18. The Balaban J connectivity index is 2.21. The first kappa shape index (κ1) is 19.5. The van der Waals surface area contributed by atoms with E-state index in [1.54, 1.807) is 0 Å². The first-order valence-electron chi connectivity index (χ1n) is 7.69. The minimum absolute atomic E-state index is 0.0413. The molecule has 0 aliphatic heterocycles. The Morgan fingerprint density at radius 3 is 2.27 bits per heavy atom. The van der Waals surface area contributed by atoms with Crippen LogP contribution >= 0.6 is 0 Å². The predicted octanol–water partition coefficient (Wildman–Crippen LogP) is 2.99. The van der Waals surface area contributed by atoms with Gasteiger partial charge in [-0.05, 0) is 28.7 Å². The number of nitrogens with two attached hydrogens (primary N) is 1. The Hall–Kier alpha value is -2.78. The van der Waals surface area contributed by atoms with Crippen LogP contribution in [0.1, 0.15) is 31.9 Å². The van der Waals surface area contributed by atoms with Crippen LogP contribution < -0.4 is 10.6 Å². The van der Waals surface area contributed by atoms with Gasteiger partial charge in [-0.15, -0.1) is 0 Å². The third kappa shape index (κ3) is 4.87. The molecular weight excluding hydrogens is 356 g/mol. The van der Waals surface area contributed by atoms with E-state index in [9.17, 15) is 18.5 Å². The average molecular weight is 376 g/mol. The van der Waals surface area contributed by atoms with Gasteiger partial charge in [-0.2, -0.15) is 5.10 Å². The van der Waals surface area contributed by atoms with Crippen LogP contribution in [0, 0.1) is 10.1 Å². The van der Waals surface area contributed by atoms with Crippen LogP contribution in [0.15, 0.2) is 52.5 Å². The molecule has 0 heterocycles. The fourth-order valence-corrected chi connectivity index (χ4v) is 2.71. The number of nitrogens with one attached hydrogen (secondary N) is 1. The van der Waals surface area contributed by atoms with Gasteiger partial charge in [0.2, 0.25) is 10.0 Å². The number of rotatable bonds is 5. The minimum atomic E-state index is -4.03. The Bertz CT molecular complexity index is 946. The third-order valence-electron chi connectivity index (χ3n) is 3.67. The van der Waals surface area contributed by atoms with E-state index >= 15 is 0 Å². The molecular formula is C17H20N4O4S. The normalized spacial score (nSPS) is 12.3. The number of nitro groups is 1. The van der Waals surface area contributed by atoms with Crippen molar-refractivity contribution in [1.82, 2.24) is 0 Å². The minimum Gasteiger partial charge on any atom is -0.272 e. The van der Waals surface area contributed by atoms with Gasteiger partial charge in [-0.3, -0.25) is 15.5 Å². The predicted molar refractivity (Wildman–Crippen MR) is 101 cm³/mol. The summed E-state index contributed by atoms with van der Waals surface area (Å²) < 4.78 is 22.6. The number of hydrogen-bond acceptors (Lipinski definition) is 6. The van der Waals surface area contributed by atoms with Crippen molar-refractivity contribution in [3.63, 3.8) is 0 Å². The second kappa shape index (κ2) is 7.22. The summed E-state index contributed by atoms with van der Waals surface area (Å²) in [5.41, 5.74) is 4.22. The van der Waals surface area contributed by atoms with Crippen LogP contribution in [0.25, 0.3) is 0 Å². The highest BCUT2D eigenvalue weighted by molar-refractivity contribution is 7.89. The van der Waals surface area contributed by atoms with Crippen molar-refractivity contribution in [3.05, 3.63) is 63.7 Å². The Morgan fingerprint density at radius 1 is 1.15 bits per heavy atom. The quantitative estimate of drug-likeness (QED) is 0.471. The maximum atomic E-state index is 11.3. The molecule has 2 rings (SSSR count). The lowest BCUT2D eigenvalue weighted by molar-refractivity contribution is -0.384. The van der Waals surface area contributed by atoms with E-state index in [0.29, 0.717) is 0 Å². The summed E-state index contributed by atoms with van der Waals surface area (Å²) in [6, 6.07) is 11.1. The van der Waals surface area contributed by atoms with E-state index in [1.165, 1.54) is 23.9 Å². The molecule has 0 aliphatic rings. The fraction of sp³-hybridized carbons (Fsp3) is 0.235. The summed E-state index contributed by atoms with van der Waals surface area (Å²) >= 11 is 0. The van der Waals surface area contributed by atoms with Crippen LogP contribution in [0.4, 0.5) is 11.4 Å². The molecule has 0 spiro atoms. The van der Waals surface area contributed by atoms with Crippen LogP contribution in [0.3, 0.4) is 0 Å². The highest BCUT2D eigenvalue weighted by atomic mass is 32.2. The van der Waals surface area contributed by atoms with Crippen molar-refractivity contribution in [1.29, 1.82) is 0 Å². The number of hydrazone groups is 1. The smallest absolute Gasteiger partial charge is 0.272 e. The molecule has 138 valence electrons. The monoisotopic (exact) mass is 376 g/mol. The summed E-state index contributed by atoms with van der Waals surface area (Å²) in [6.45, 7) is 6.34. The summed E-state index contributed by atoms with van der Waals surface area (Å²) in [5.74, 6) is 0. The highest BCUT2D eigenvalue weighted by Gasteiger charge is 2.18. The molecule has 0 atom stereocenters. The van der Waals surface area contributed by atoms with Crippen molar-refractivity contribution in [2.75, 3.05) is 5.43 Å². The Kier molecular flexibility index (Phi) is 5.43. The molecule has 0 saturated heterocycles. The topological polar surface area (TPSA) is 128 Å². The van der Waals surface area contributed by atoms with Gasteiger partial charge in [0.05, 0.1) is 16.0 Å². The van der Waals surface area contributed by atoms with E-state index in [-0.39, 0.29) is 16.0 Å². The van der Waals surface area contributed by atoms with E-state index in [1.807, 2.05) is 24.3 Å². The molecule has 2 aromatic rings. The molecule has 0 amide bonds. The van der Waals surface area contributed by atoms with Gasteiger partial charge in [0, 0.05) is 6.07 Å². The van der Waals surface area contributed by atoms with Crippen LogP contribution in [-0.2, 0) is 15.4 Å². The van der Waals surface area contributed by atoms with Crippen molar-refractivity contribution >= 4 is 27.6 Å². The van der Waals surface area contributed by atoms with Crippen LogP contribution in [-0.4, -0.2) is 19.6 Å². The standard InChI is InChI=1S/C17H20N4O4S/c1-17(2,3)13-6-4-12(5-7-13)11-19-20-15-9-8-14(26(18,24)25)10-16(15)21(22)23/h4-11,20H,1-3H3,(H2,18,24,25)/b19-11-. The number of hydrogen-bond donors (Lipinski definition) is 2. The molecule has 0 radical (unpaired) electrons. The van der Waals surface area contributed by atoms with Crippen LogP contribution in [0.2, 0.25) is 0 Å². The van der Waals surface area contributed by atoms with Gasteiger partial charge in [0.1, 0.15) is 5.69 Å². The van der Waals surface area contributed by atoms with Crippen molar-refractivity contribution < 1.29 is 13.3 Å². The lowest BCUT2D eigenvalue weighted by Crippen LogP contribution is -2.12. The maximum Gasteiger partial charge on any atom is 0.295 e. The molecule has 9 heteroatoms. The fourth-order valence-electron chi connectivity index (χ4n) is 2.18. The lowest BCUT2D eigenvalue weighted by atomic mass is 9.87. The molecule has 0 aromatic heterocycles. The largest absolute Gasteiger partial charge is 0.295 e. The molecule has 8 nitrogen and oxygen atoms in total. The SMILES string of the molecule is CC(C)(C)c1ccc(/C=N\Nc2ccc(S(N)(=O)=O)cc2[N+](=O)[O-])cc1. The zero-order chi connectivity index (χ0) is 19.5. The van der Waals surface area contributed by atoms with Crippen molar-refractivity contribution in [2.24, 2.45) is 10.2 Å². The van der Waals surface area contributed by atoms with E-state index in [4.69, 9.17) is 5.14 Å². The van der Waals surface area contributed by atoms with Crippen molar-refractivity contribution in [2.45, 2.75) is 31.1 Å². The number of primary sulfonamides is 1. The summed E-state index contributed by atoms with van der Waals surface area (Å²) in [4.78, 5) is 10.1. The van der Waals surface area contributed by atoms with Crippen LogP contribution in [0.5, 0.6) is 0 Å². The van der Waals surface area contributed by atoms with Gasteiger partial charge in [0.15, 0.2) is 0 Å². The molecule has 0 aliphatic carbocycles. The van der Waals surface area contributed by atoms with Gasteiger partial charge >= 0.3 is 0 Å². The second-order valence-corrected chi connectivity index (χ2v) is 8.28. The zero-order valence-electron chi connectivity index (χ0n) is 14.6. The zero-order valence-corrected chi connectivity index (χ0v) is 15.4. The van der Waals surface area contributed by atoms with E-state index in [2.05, 4.69) is 31.3 Å². The Labute approximate surface area is 151 Å². The maximum absolute atomic E-state index is 11.3. The van der Waals surface area contributed by atoms with Gasteiger partial charge < -0.3 is 0 Å². The number of nitro benzene ring substituents is 1. The summed E-state index contributed by atoms with van der Waals surface area (Å²) in [5, 5.41) is 20.1. The molecule has 2 aromatic carbocycles. The first-order chi connectivity index (χ1) is 12.0. The van der Waals surface area contributed by atoms with Gasteiger partial charge in [0.25, 0.3) is 5.69 Å². The molecule has 3 N–H and O–H groups in total. The van der Waals surface area contributed by atoms with E-state index < -0.39 is 20.6 Å². The number of sulfonamides is 1. The number of benzene rings is 2. The van der Waals surface area contributed by atoms with Crippen molar-refractivity contribution in [3.8, 4) is 0 Å². The summed E-state index contributed by atoms with van der Waals surface area (Å²) in [6.07, 6.45) is 1.52. The third-order valence-corrected chi connectivity index (χ3v) is 4.58. The first-order valence-corrected chi connectivity index (χ1v) is 9.24. The molecule has 0 fully saturated rings. The molecule has 0 unspecified atom stereocenters. The molecule has 26 heavy (non-hydrogen) atoms. The number of nitrogens with zero attached hydrogens (tertiary/aromatic N) is 2. The summed E-state index contributed by atoms with van der Waals surface area (Å²) in [7, 11) is -4.03. The highest BCUT2D eigenvalue weighted by Crippen LogP contribution is 2.27. The van der Waals surface area contributed by atoms with E-state index in [0.717, 1.165) is 11.6 Å².